The van der Waals surface area contributed by atoms with Gasteiger partial charge in [-0.1, -0.05) is 31.2 Å². The van der Waals surface area contributed by atoms with E-state index in [1.54, 1.807) is 0 Å². The molecule has 1 aliphatic rings. The lowest BCUT2D eigenvalue weighted by Crippen LogP contribution is -2.33. The van der Waals surface area contributed by atoms with Crippen LogP contribution in [-0.2, 0) is 17.2 Å². The molecule has 1 saturated heterocycles. The first kappa shape index (κ1) is 19.4. The van der Waals surface area contributed by atoms with Crippen LogP contribution < -0.4 is 10.6 Å². The molecule has 1 amide bonds. The van der Waals surface area contributed by atoms with Gasteiger partial charge in [-0.2, -0.15) is 8.78 Å². The Hall–Kier alpha value is -2.38. The highest BCUT2D eigenvalue weighted by Crippen LogP contribution is 2.29. The normalized spacial score (nSPS) is 17.5. The number of amides is 1. The van der Waals surface area contributed by atoms with Crippen molar-refractivity contribution in [3.63, 3.8) is 0 Å². The zero-order valence-corrected chi connectivity index (χ0v) is 15.2. The molecule has 0 radical (unpaired) electrons. The SMILES string of the molecule is CCC(F)(F)c1ccc(C(=O)NCc2ccc([C@H]3CNCCO3)cc2)cn1. The van der Waals surface area contributed by atoms with Crippen LogP contribution in [0.5, 0.6) is 0 Å². The number of ether oxygens (including phenoxy) is 1. The lowest BCUT2D eigenvalue weighted by molar-refractivity contribution is -0.0128. The van der Waals surface area contributed by atoms with Crippen LogP contribution in [-0.4, -0.2) is 30.6 Å². The Morgan fingerprint density at radius 2 is 2.07 bits per heavy atom. The molecule has 2 aromatic rings. The number of hydrogen-bond acceptors (Lipinski definition) is 4. The summed E-state index contributed by atoms with van der Waals surface area (Å²) >= 11 is 0. The zero-order chi connectivity index (χ0) is 19.3. The number of carbonyl (C=O) groups is 1. The molecule has 0 spiro atoms. The van der Waals surface area contributed by atoms with Gasteiger partial charge < -0.3 is 15.4 Å². The molecule has 144 valence electrons. The minimum Gasteiger partial charge on any atom is -0.371 e. The number of halogens is 2. The molecular formula is C20H23F2N3O2. The van der Waals surface area contributed by atoms with E-state index in [4.69, 9.17) is 4.74 Å². The molecular weight excluding hydrogens is 352 g/mol. The number of benzene rings is 1. The first-order valence-electron chi connectivity index (χ1n) is 9.03. The maximum absolute atomic E-state index is 13.6. The number of hydrogen-bond donors (Lipinski definition) is 2. The second-order valence-corrected chi connectivity index (χ2v) is 6.48. The van der Waals surface area contributed by atoms with Gasteiger partial charge in [0.1, 0.15) is 5.69 Å². The number of alkyl halides is 2. The molecule has 1 atom stereocenters. The predicted octanol–water partition coefficient (Wildman–Crippen LogP) is 3.17. The van der Waals surface area contributed by atoms with Crippen LogP contribution >= 0.6 is 0 Å². The van der Waals surface area contributed by atoms with Crippen molar-refractivity contribution in [2.45, 2.75) is 31.9 Å². The van der Waals surface area contributed by atoms with Crippen LogP contribution in [0.2, 0.25) is 0 Å². The molecule has 1 fully saturated rings. The van der Waals surface area contributed by atoms with E-state index in [1.807, 2.05) is 24.3 Å². The molecule has 0 unspecified atom stereocenters. The van der Waals surface area contributed by atoms with Crippen molar-refractivity contribution in [1.29, 1.82) is 0 Å². The fourth-order valence-corrected chi connectivity index (χ4v) is 2.84. The summed E-state index contributed by atoms with van der Waals surface area (Å²) < 4.78 is 32.9. The van der Waals surface area contributed by atoms with Crippen molar-refractivity contribution in [2.24, 2.45) is 0 Å². The zero-order valence-electron chi connectivity index (χ0n) is 15.2. The lowest BCUT2D eigenvalue weighted by atomic mass is 10.1. The third kappa shape index (κ3) is 4.87. The Labute approximate surface area is 157 Å². The van der Waals surface area contributed by atoms with Crippen molar-refractivity contribution in [2.75, 3.05) is 19.7 Å². The van der Waals surface area contributed by atoms with E-state index >= 15 is 0 Å². The molecule has 1 aromatic carbocycles. The van der Waals surface area contributed by atoms with Crippen molar-refractivity contribution >= 4 is 5.91 Å². The summed E-state index contributed by atoms with van der Waals surface area (Å²) in [7, 11) is 0. The van der Waals surface area contributed by atoms with Crippen molar-refractivity contribution in [1.82, 2.24) is 15.6 Å². The number of pyridine rings is 1. The minimum atomic E-state index is -2.98. The molecule has 1 aromatic heterocycles. The minimum absolute atomic E-state index is 0.0493. The number of carbonyl (C=O) groups excluding carboxylic acids is 1. The molecule has 7 heteroatoms. The Balaban J connectivity index is 1.55. The molecule has 27 heavy (non-hydrogen) atoms. The second-order valence-electron chi connectivity index (χ2n) is 6.48. The van der Waals surface area contributed by atoms with Crippen LogP contribution in [0.4, 0.5) is 8.78 Å². The monoisotopic (exact) mass is 375 g/mol. The average molecular weight is 375 g/mol. The predicted molar refractivity (Wildman–Crippen MR) is 97.6 cm³/mol. The van der Waals surface area contributed by atoms with Crippen LogP contribution in [0, 0.1) is 0 Å². The van der Waals surface area contributed by atoms with Gasteiger partial charge in [0.25, 0.3) is 11.8 Å². The molecule has 1 aliphatic heterocycles. The summed E-state index contributed by atoms with van der Waals surface area (Å²) in [6.45, 7) is 4.09. The van der Waals surface area contributed by atoms with Gasteiger partial charge in [0.2, 0.25) is 0 Å². The number of morpholine rings is 1. The van der Waals surface area contributed by atoms with E-state index in [-0.39, 0.29) is 29.7 Å². The number of rotatable bonds is 6. The van der Waals surface area contributed by atoms with Gasteiger partial charge in [0.05, 0.1) is 18.3 Å². The summed E-state index contributed by atoms with van der Waals surface area (Å²) in [5, 5.41) is 6.06. The van der Waals surface area contributed by atoms with E-state index in [0.29, 0.717) is 13.2 Å². The van der Waals surface area contributed by atoms with E-state index in [1.165, 1.54) is 25.3 Å². The molecule has 2 heterocycles. The molecule has 0 aliphatic carbocycles. The number of aromatic nitrogens is 1. The molecule has 3 rings (SSSR count). The van der Waals surface area contributed by atoms with Crippen molar-refractivity contribution in [3.8, 4) is 0 Å². The van der Waals surface area contributed by atoms with E-state index in [2.05, 4.69) is 15.6 Å². The molecule has 5 nitrogen and oxygen atoms in total. The summed E-state index contributed by atoms with van der Waals surface area (Å²) in [5.74, 6) is -3.33. The van der Waals surface area contributed by atoms with Gasteiger partial charge in [-0.15, -0.1) is 0 Å². The van der Waals surface area contributed by atoms with Crippen LogP contribution in [0.25, 0.3) is 0 Å². The first-order chi connectivity index (χ1) is 13.0. The van der Waals surface area contributed by atoms with Crippen LogP contribution in [0.15, 0.2) is 42.6 Å². The highest BCUT2D eigenvalue weighted by molar-refractivity contribution is 5.93. The highest BCUT2D eigenvalue weighted by Gasteiger charge is 2.30. The van der Waals surface area contributed by atoms with Gasteiger partial charge in [0, 0.05) is 32.3 Å². The highest BCUT2D eigenvalue weighted by atomic mass is 19.3. The summed E-state index contributed by atoms with van der Waals surface area (Å²) in [4.78, 5) is 15.9. The quantitative estimate of drug-likeness (QED) is 0.814. The third-order valence-electron chi connectivity index (χ3n) is 4.58. The lowest BCUT2D eigenvalue weighted by Gasteiger charge is -2.24. The number of nitrogens with zero attached hydrogens (tertiary/aromatic N) is 1. The molecule has 0 bridgehead atoms. The third-order valence-corrected chi connectivity index (χ3v) is 4.58. The molecule has 0 saturated carbocycles. The van der Waals surface area contributed by atoms with Gasteiger partial charge >= 0.3 is 0 Å². The van der Waals surface area contributed by atoms with Gasteiger partial charge in [-0.25, -0.2) is 0 Å². The molecule has 2 N–H and O–H groups in total. The van der Waals surface area contributed by atoms with Crippen LogP contribution in [0.1, 0.15) is 46.6 Å². The topological polar surface area (TPSA) is 63.2 Å². The van der Waals surface area contributed by atoms with E-state index < -0.39 is 5.92 Å². The van der Waals surface area contributed by atoms with Gasteiger partial charge in [-0.05, 0) is 23.3 Å². The van der Waals surface area contributed by atoms with E-state index in [0.717, 1.165) is 24.2 Å². The number of nitrogens with one attached hydrogen (secondary N) is 2. The summed E-state index contributed by atoms with van der Waals surface area (Å²) in [6, 6.07) is 10.4. The van der Waals surface area contributed by atoms with E-state index in [9.17, 15) is 13.6 Å². The second kappa shape index (κ2) is 8.54. The largest absolute Gasteiger partial charge is 0.371 e. The maximum atomic E-state index is 13.6. The van der Waals surface area contributed by atoms with Crippen LogP contribution in [0.3, 0.4) is 0 Å². The Bertz CT molecular complexity index is 758. The van der Waals surface area contributed by atoms with Gasteiger partial charge in [-0.3, -0.25) is 9.78 Å². The smallest absolute Gasteiger partial charge is 0.289 e. The van der Waals surface area contributed by atoms with Gasteiger partial charge in [0.15, 0.2) is 0 Å². The fraction of sp³-hybridized carbons (Fsp3) is 0.400. The average Bonchev–Trinajstić information content (AvgIpc) is 2.73. The standard InChI is InChI=1S/C20H23F2N3O2/c1-2-20(21,22)18-8-7-16(12-24-18)19(26)25-11-14-3-5-15(6-4-14)17-13-23-9-10-27-17/h3-8,12,17,23H,2,9-11,13H2,1H3,(H,25,26)/t17-/m1/s1. The van der Waals surface area contributed by atoms with Crippen molar-refractivity contribution in [3.05, 3.63) is 65.0 Å². The Morgan fingerprint density at radius 3 is 2.67 bits per heavy atom. The summed E-state index contributed by atoms with van der Waals surface area (Å²) in [5.41, 5.74) is 1.97. The van der Waals surface area contributed by atoms with Crippen molar-refractivity contribution < 1.29 is 18.3 Å². The first-order valence-corrected chi connectivity index (χ1v) is 9.03. The summed E-state index contributed by atoms with van der Waals surface area (Å²) in [6.07, 6.45) is 0.905. The Morgan fingerprint density at radius 1 is 1.30 bits per heavy atom. The maximum Gasteiger partial charge on any atom is 0.289 e. The Kier molecular flexibility index (Phi) is 6.13. The fourth-order valence-electron chi connectivity index (χ4n) is 2.84.